The van der Waals surface area contributed by atoms with Crippen LogP contribution in [-0.2, 0) is 0 Å². The van der Waals surface area contributed by atoms with E-state index in [4.69, 9.17) is 4.42 Å². The molecule has 0 amide bonds. The van der Waals surface area contributed by atoms with Gasteiger partial charge in [0.25, 0.3) is 0 Å². The molecule has 0 saturated carbocycles. The highest BCUT2D eigenvalue weighted by molar-refractivity contribution is 7.25. The average Bonchev–Trinajstić information content (AvgIpc) is 3.83. The number of aryl methyl sites for hydroxylation is 1. The van der Waals surface area contributed by atoms with Crippen molar-refractivity contribution in [3.8, 4) is 27.9 Å². The zero-order chi connectivity index (χ0) is 30.1. The average molecular weight is 604 g/mol. The lowest BCUT2D eigenvalue weighted by Gasteiger charge is -2.25. The van der Waals surface area contributed by atoms with Gasteiger partial charge in [0, 0.05) is 48.4 Å². The van der Waals surface area contributed by atoms with Crippen LogP contribution in [0.25, 0.3) is 92.1 Å². The summed E-state index contributed by atoms with van der Waals surface area (Å²) in [4.78, 5) is 5.11. The Morgan fingerprint density at radius 3 is 2.37 bits per heavy atom. The van der Waals surface area contributed by atoms with E-state index in [9.17, 15) is 0 Å². The topological polar surface area (TPSA) is 33.9 Å². The number of benzene rings is 6. The number of para-hydroxylation sites is 3. The van der Waals surface area contributed by atoms with Crippen molar-refractivity contribution in [2.75, 3.05) is 0 Å². The first-order valence-electron chi connectivity index (χ1n) is 15.7. The van der Waals surface area contributed by atoms with Crippen LogP contribution in [0.2, 0.25) is 0 Å². The largest absolute Gasteiger partial charge is 0.454 e. The second-order valence-corrected chi connectivity index (χ2v) is 13.5. The van der Waals surface area contributed by atoms with E-state index >= 15 is 0 Å². The number of hydrogen-bond acceptors (Lipinski definition) is 2. The van der Waals surface area contributed by atoms with Gasteiger partial charge in [-0.2, -0.15) is 0 Å². The maximum Gasteiger partial charge on any atom is 0.197 e. The van der Waals surface area contributed by atoms with Gasteiger partial charge in [-0.05, 0) is 71.0 Å². The fourth-order valence-electron chi connectivity index (χ4n) is 7.90. The van der Waals surface area contributed by atoms with Gasteiger partial charge in [-0.15, -0.1) is 11.3 Å². The molecule has 0 spiro atoms. The van der Waals surface area contributed by atoms with Crippen LogP contribution in [0.15, 0.2) is 126 Å². The van der Waals surface area contributed by atoms with Crippen molar-refractivity contribution in [1.82, 2.24) is 9.55 Å². The summed E-state index contributed by atoms with van der Waals surface area (Å²) in [7, 11) is 2.40. The molecule has 0 saturated heterocycles. The minimum absolute atomic E-state index is 0.906. The number of furan rings is 1. The predicted octanol–water partition coefficient (Wildman–Crippen LogP) is 9.99. The van der Waals surface area contributed by atoms with Gasteiger partial charge in [-0.1, -0.05) is 90.4 Å². The molecule has 3 nitrogen and oxygen atoms in total. The summed E-state index contributed by atoms with van der Waals surface area (Å²) in [6.45, 7) is 2.21. The van der Waals surface area contributed by atoms with Crippen molar-refractivity contribution in [3.05, 3.63) is 127 Å². The molecule has 0 atom stereocenters. The van der Waals surface area contributed by atoms with E-state index in [1.165, 1.54) is 75.6 Å². The third-order valence-electron chi connectivity index (χ3n) is 9.94. The Labute approximate surface area is 268 Å². The SMILES string of the molecule is Cc1ccccc1-c1cc(-c2cccc3c2[nH]c2c4ccccc4oc32)c2c(c1)-n1c3sc4ccccc4c3c3cccc(c31)[B]2. The first-order valence-corrected chi connectivity index (χ1v) is 16.5. The minimum atomic E-state index is 0.906. The normalized spacial score (nSPS) is 12.6. The molecule has 5 heterocycles. The molecule has 46 heavy (non-hydrogen) atoms. The third-order valence-corrected chi connectivity index (χ3v) is 11.1. The third kappa shape index (κ3) is 3.13. The van der Waals surface area contributed by atoms with Crippen LogP contribution < -0.4 is 10.9 Å². The van der Waals surface area contributed by atoms with Crippen molar-refractivity contribution in [1.29, 1.82) is 0 Å². The predicted molar refractivity (Wildman–Crippen MR) is 196 cm³/mol. The molecule has 1 aliphatic heterocycles. The van der Waals surface area contributed by atoms with E-state index < -0.39 is 0 Å². The summed E-state index contributed by atoms with van der Waals surface area (Å²) in [5, 5.41) is 6.20. The van der Waals surface area contributed by atoms with E-state index in [-0.39, 0.29) is 0 Å². The molecule has 11 rings (SSSR count). The van der Waals surface area contributed by atoms with Crippen molar-refractivity contribution in [3.63, 3.8) is 0 Å². The van der Waals surface area contributed by atoms with Crippen molar-refractivity contribution >= 4 is 93.7 Å². The minimum Gasteiger partial charge on any atom is -0.454 e. The summed E-state index contributed by atoms with van der Waals surface area (Å²) in [5.41, 5.74) is 15.1. The summed E-state index contributed by atoms with van der Waals surface area (Å²) >= 11 is 1.89. The van der Waals surface area contributed by atoms with Crippen LogP contribution in [0.3, 0.4) is 0 Å². The van der Waals surface area contributed by atoms with E-state index in [0.29, 0.717) is 0 Å². The lowest BCUT2D eigenvalue weighted by Crippen LogP contribution is -2.37. The molecule has 0 aliphatic carbocycles. The Kier molecular flexibility index (Phi) is 4.74. The number of H-pyrrole nitrogens is 1. The van der Waals surface area contributed by atoms with E-state index in [2.05, 4.69) is 133 Å². The number of nitrogens with zero attached hydrogens (tertiary/aromatic N) is 1. The Balaban J connectivity index is 1.29. The highest BCUT2D eigenvalue weighted by Crippen LogP contribution is 2.44. The highest BCUT2D eigenvalue weighted by Gasteiger charge is 2.29. The number of aromatic nitrogens is 2. The van der Waals surface area contributed by atoms with Crippen LogP contribution in [0.4, 0.5) is 0 Å². The number of aromatic amines is 1. The molecule has 1 radical (unpaired) electrons. The van der Waals surface area contributed by atoms with E-state index in [1.54, 1.807) is 0 Å². The van der Waals surface area contributed by atoms with E-state index in [0.717, 1.165) is 33.0 Å². The summed E-state index contributed by atoms with van der Waals surface area (Å²) in [6.07, 6.45) is 0. The molecule has 6 aromatic carbocycles. The molecule has 1 aliphatic rings. The first-order chi connectivity index (χ1) is 22.7. The molecule has 10 aromatic rings. The van der Waals surface area contributed by atoms with Gasteiger partial charge >= 0.3 is 0 Å². The maximum absolute atomic E-state index is 6.43. The smallest absolute Gasteiger partial charge is 0.197 e. The second kappa shape index (κ2) is 8.81. The number of thiophene rings is 1. The Morgan fingerprint density at radius 2 is 1.43 bits per heavy atom. The molecular formula is C41H24BN2OS. The van der Waals surface area contributed by atoms with Crippen LogP contribution in [-0.4, -0.2) is 16.8 Å². The van der Waals surface area contributed by atoms with Gasteiger partial charge in [0.1, 0.15) is 10.4 Å². The summed E-state index contributed by atoms with van der Waals surface area (Å²) < 4.78 is 10.3. The van der Waals surface area contributed by atoms with Gasteiger partial charge in [0.15, 0.2) is 12.9 Å². The number of fused-ring (bicyclic) bond motifs is 12. The van der Waals surface area contributed by atoms with Gasteiger partial charge in [-0.25, -0.2) is 0 Å². The van der Waals surface area contributed by atoms with Gasteiger partial charge in [0.05, 0.1) is 11.0 Å². The standard InChI is InChI=1S/C41H24BN2OS/c1-22-10-2-3-11-24(22)23-20-30(25-14-8-16-29-37(25)43-38-26-12-4-6-18-33(26)45-40(29)38)36-32(21-23)44-39-28(15-9-17-31(39)42-36)35-27-13-5-7-19-34(27)46-41(35)44/h2-21,43H,1H3. The molecule has 0 bridgehead atoms. The highest BCUT2D eigenvalue weighted by atomic mass is 32.1. The molecular weight excluding hydrogens is 579 g/mol. The Bertz CT molecular complexity index is 2920. The van der Waals surface area contributed by atoms with Crippen molar-refractivity contribution < 1.29 is 4.42 Å². The molecule has 1 N–H and O–H groups in total. The van der Waals surface area contributed by atoms with Crippen LogP contribution in [0.5, 0.6) is 0 Å². The molecule has 0 fully saturated rings. The zero-order valence-electron chi connectivity index (χ0n) is 24.9. The van der Waals surface area contributed by atoms with Crippen LogP contribution >= 0.6 is 11.3 Å². The Morgan fingerprint density at radius 1 is 0.674 bits per heavy atom. The summed E-state index contributed by atoms with van der Waals surface area (Å²) in [5.74, 6) is 0. The number of hydrogen-bond donors (Lipinski definition) is 1. The van der Waals surface area contributed by atoms with E-state index in [1.807, 2.05) is 23.5 Å². The van der Waals surface area contributed by atoms with Gasteiger partial charge in [0.2, 0.25) is 0 Å². The fraction of sp³-hybridized carbons (Fsp3) is 0.0244. The molecule has 4 aromatic heterocycles. The monoisotopic (exact) mass is 603 g/mol. The van der Waals surface area contributed by atoms with Crippen LogP contribution in [0.1, 0.15) is 5.56 Å². The first kappa shape index (κ1) is 24.8. The van der Waals surface area contributed by atoms with Crippen molar-refractivity contribution in [2.45, 2.75) is 6.92 Å². The van der Waals surface area contributed by atoms with Crippen molar-refractivity contribution in [2.24, 2.45) is 0 Å². The van der Waals surface area contributed by atoms with Crippen LogP contribution in [0, 0.1) is 6.92 Å². The number of rotatable bonds is 2. The van der Waals surface area contributed by atoms with Gasteiger partial charge < -0.3 is 14.0 Å². The molecule has 213 valence electrons. The second-order valence-electron chi connectivity index (χ2n) is 12.4. The lowest BCUT2D eigenvalue weighted by atomic mass is 9.59. The lowest BCUT2D eigenvalue weighted by molar-refractivity contribution is 0.673. The quantitative estimate of drug-likeness (QED) is 0.196. The maximum atomic E-state index is 6.43. The van der Waals surface area contributed by atoms with Gasteiger partial charge in [-0.3, -0.25) is 0 Å². The number of nitrogens with one attached hydrogen (secondary N) is 1. The Hall–Kier alpha value is -5.52. The molecule has 5 heteroatoms. The fourth-order valence-corrected chi connectivity index (χ4v) is 9.14. The summed E-state index contributed by atoms with van der Waals surface area (Å²) in [6, 6.07) is 44.0. The molecule has 0 unspecified atom stereocenters. The zero-order valence-corrected chi connectivity index (χ0v) is 25.7.